The van der Waals surface area contributed by atoms with Crippen molar-refractivity contribution in [3.63, 3.8) is 0 Å². The molecule has 3 heterocycles. The van der Waals surface area contributed by atoms with E-state index in [1.54, 1.807) is 0 Å². The van der Waals surface area contributed by atoms with Gasteiger partial charge in [0.05, 0.1) is 10.7 Å². The van der Waals surface area contributed by atoms with Gasteiger partial charge in [0.15, 0.2) is 0 Å². The summed E-state index contributed by atoms with van der Waals surface area (Å²) >= 11 is 6.00. The Labute approximate surface area is 118 Å². The Morgan fingerprint density at radius 1 is 1.42 bits per heavy atom. The number of hydrogen-bond acceptors (Lipinski definition) is 3. The second-order valence-corrected chi connectivity index (χ2v) is 5.61. The van der Waals surface area contributed by atoms with Gasteiger partial charge < -0.3 is 9.72 Å². The maximum atomic E-state index is 6.00. The zero-order valence-corrected chi connectivity index (χ0v) is 11.9. The number of nitrogens with one attached hydrogen (secondary N) is 1. The summed E-state index contributed by atoms with van der Waals surface area (Å²) in [6.07, 6.45) is 6.55. The molecule has 2 aromatic heterocycles. The second-order valence-electron chi connectivity index (χ2n) is 5.17. The van der Waals surface area contributed by atoms with E-state index in [1.807, 2.05) is 29.8 Å². The number of likely N-dealkylation sites (N-methyl/N-ethyl adjacent to an activating group) is 1. The van der Waals surface area contributed by atoms with Crippen molar-refractivity contribution in [2.24, 2.45) is 0 Å². The third kappa shape index (κ3) is 2.76. The summed E-state index contributed by atoms with van der Waals surface area (Å²) < 4.78 is 2.00. The molecule has 1 fully saturated rings. The van der Waals surface area contributed by atoms with Crippen LogP contribution in [-0.4, -0.2) is 40.5 Å². The highest BCUT2D eigenvalue weighted by Gasteiger charge is 2.24. The maximum absolute atomic E-state index is 6.00. The molecule has 2 aromatic rings. The molecule has 1 saturated heterocycles. The fourth-order valence-electron chi connectivity index (χ4n) is 2.87. The smallest absolute Gasteiger partial charge is 0.137 e. The molecule has 1 aliphatic heterocycles. The Morgan fingerprint density at radius 3 is 3.16 bits per heavy atom. The summed E-state index contributed by atoms with van der Waals surface area (Å²) in [5, 5.41) is 4.02. The van der Waals surface area contributed by atoms with Crippen molar-refractivity contribution in [1.82, 2.24) is 19.6 Å². The van der Waals surface area contributed by atoms with Crippen molar-refractivity contribution in [1.29, 1.82) is 0 Å². The molecule has 0 radical (unpaired) electrons. The molecule has 0 spiro atoms. The van der Waals surface area contributed by atoms with Crippen LogP contribution in [0.3, 0.4) is 0 Å². The van der Waals surface area contributed by atoms with Crippen LogP contribution in [0, 0.1) is 0 Å². The summed E-state index contributed by atoms with van der Waals surface area (Å²) in [6, 6.07) is 4.48. The van der Waals surface area contributed by atoms with E-state index in [2.05, 4.69) is 21.4 Å². The first kappa shape index (κ1) is 12.9. The van der Waals surface area contributed by atoms with Crippen molar-refractivity contribution in [3.8, 4) is 0 Å². The van der Waals surface area contributed by atoms with Crippen LogP contribution in [0.2, 0.25) is 5.02 Å². The minimum atomic E-state index is 0.637. The quantitative estimate of drug-likeness (QED) is 0.930. The number of pyridine rings is 1. The highest BCUT2D eigenvalue weighted by molar-refractivity contribution is 6.30. The number of fused-ring (bicyclic) bond motifs is 1. The predicted molar refractivity (Wildman–Crippen MR) is 77.6 cm³/mol. The Kier molecular flexibility index (Phi) is 3.73. The van der Waals surface area contributed by atoms with Gasteiger partial charge in [0.2, 0.25) is 0 Å². The highest BCUT2D eigenvalue weighted by Crippen LogP contribution is 2.20. The lowest BCUT2D eigenvalue weighted by Crippen LogP contribution is -2.36. The molecule has 19 heavy (non-hydrogen) atoms. The number of aromatic nitrogens is 2. The van der Waals surface area contributed by atoms with Crippen LogP contribution >= 0.6 is 11.6 Å². The molecule has 1 aliphatic rings. The van der Waals surface area contributed by atoms with Crippen molar-refractivity contribution < 1.29 is 0 Å². The van der Waals surface area contributed by atoms with Crippen LogP contribution in [-0.2, 0) is 6.54 Å². The van der Waals surface area contributed by atoms with E-state index < -0.39 is 0 Å². The van der Waals surface area contributed by atoms with E-state index in [-0.39, 0.29) is 0 Å². The van der Waals surface area contributed by atoms with Crippen LogP contribution < -0.4 is 5.32 Å². The second kappa shape index (κ2) is 5.49. The average molecular weight is 279 g/mol. The molecule has 1 unspecified atom stereocenters. The first-order valence-electron chi connectivity index (χ1n) is 6.78. The van der Waals surface area contributed by atoms with Crippen molar-refractivity contribution in [2.75, 3.05) is 20.1 Å². The number of likely N-dealkylation sites (tertiary alicyclic amines) is 1. The molecular formula is C14H19ClN4. The zero-order valence-electron chi connectivity index (χ0n) is 11.1. The molecule has 0 aromatic carbocycles. The standard InChI is InChI=1S/C14H19ClN4/c1-16-7-13-3-2-6-18(13)9-12-10-19-8-11(15)4-5-14(19)17-12/h4-5,8,10,13,16H,2-3,6-7,9H2,1H3. The van der Waals surface area contributed by atoms with Crippen LogP contribution in [0.4, 0.5) is 0 Å². The average Bonchev–Trinajstić information content (AvgIpc) is 2.97. The lowest BCUT2D eigenvalue weighted by Gasteiger charge is -2.23. The fourth-order valence-corrected chi connectivity index (χ4v) is 3.04. The first-order chi connectivity index (χ1) is 9.26. The minimum absolute atomic E-state index is 0.637. The predicted octanol–water partition coefficient (Wildman–Crippen LogP) is 2.17. The summed E-state index contributed by atoms with van der Waals surface area (Å²) in [5.41, 5.74) is 2.08. The Morgan fingerprint density at radius 2 is 2.32 bits per heavy atom. The van der Waals surface area contributed by atoms with Crippen LogP contribution in [0.15, 0.2) is 24.5 Å². The zero-order chi connectivity index (χ0) is 13.2. The molecule has 102 valence electrons. The van der Waals surface area contributed by atoms with Gasteiger partial charge in [-0.1, -0.05) is 11.6 Å². The Balaban J connectivity index is 1.77. The third-order valence-corrected chi connectivity index (χ3v) is 3.99. The van der Waals surface area contributed by atoms with Gasteiger partial charge in [0, 0.05) is 31.5 Å². The van der Waals surface area contributed by atoms with E-state index in [4.69, 9.17) is 11.6 Å². The van der Waals surface area contributed by atoms with Gasteiger partial charge in [0.25, 0.3) is 0 Å². The van der Waals surface area contributed by atoms with E-state index in [9.17, 15) is 0 Å². The molecule has 0 amide bonds. The number of halogens is 1. The van der Waals surface area contributed by atoms with Crippen LogP contribution in [0.1, 0.15) is 18.5 Å². The lowest BCUT2D eigenvalue weighted by atomic mass is 10.2. The van der Waals surface area contributed by atoms with E-state index in [0.717, 1.165) is 29.5 Å². The van der Waals surface area contributed by atoms with Gasteiger partial charge in [-0.25, -0.2) is 4.98 Å². The van der Waals surface area contributed by atoms with E-state index in [1.165, 1.54) is 19.4 Å². The normalized spacial score (nSPS) is 20.4. The Hall–Kier alpha value is -1.10. The number of rotatable bonds is 4. The van der Waals surface area contributed by atoms with Crippen molar-refractivity contribution in [3.05, 3.63) is 35.2 Å². The SMILES string of the molecule is CNCC1CCCN1Cc1cn2cc(Cl)ccc2n1. The lowest BCUT2D eigenvalue weighted by molar-refractivity contribution is 0.240. The minimum Gasteiger partial charge on any atom is -0.318 e. The number of hydrogen-bond donors (Lipinski definition) is 1. The monoisotopic (exact) mass is 278 g/mol. The topological polar surface area (TPSA) is 32.6 Å². The Bertz CT molecular complexity index is 566. The number of nitrogens with zero attached hydrogens (tertiary/aromatic N) is 3. The van der Waals surface area contributed by atoms with Gasteiger partial charge in [-0.2, -0.15) is 0 Å². The van der Waals surface area contributed by atoms with Crippen molar-refractivity contribution >= 4 is 17.2 Å². The molecule has 1 atom stereocenters. The number of imidazole rings is 1. The summed E-state index contributed by atoms with van der Waals surface area (Å²) in [4.78, 5) is 7.17. The molecule has 0 bridgehead atoms. The molecular weight excluding hydrogens is 260 g/mol. The summed E-state index contributed by atoms with van der Waals surface area (Å²) in [6.45, 7) is 3.14. The van der Waals surface area contributed by atoms with Gasteiger partial charge >= 0.3 is 0 Å². The molecule has 4 nitrogen and oxygen atoms in total. The van der Waals surface area contributed by atoms with Gasteiger partial charge in [-0.15, -0.1) is 0 Å². The van der Waals surface area contributed by atoms with E-state index in [0.29, 0.717) is 6.04 Å². The van der Waals surface area contributed by atoms with E-state index >= 15 is 0 Å². The van der Waals surface area contributed by atoms with Crippen LogP contribution in [0.25, 0.3) is 5.65 Å². The molecule has 0 saturated carbocycles. The maximum Gasteiger partial charge on any atom is 0.137 e. The largest absolute Gasteiger partial charge is 0.318 e. The summed E-state index contributed by atoms with van der Waals surface area (Å²) in [5.74, 6) is 0. The van der Waals surface area contributed by atoms with Gasteiger partial charge in [-0.3, -0.25) is 4.90 Å². The van der Waals surface area contributed by atoms with Crippen LogP contribution in [0.5, 0.6) is 0 Å². The van der Waals surface area contributed by atoms with Gasteiger partial charge in [-0.05, 0) is 38.6 Å². The first-order valence-corrected chi connectivity index (χ1v) is 7.16. The van der Waals surface area contributed by atoms with Gasteiger partial charge in [0.1, 0.15) is 5.65 Å². The molecule has 3 rings (SSSR count). The molecule has 1 N–H and O–H groups in total. The fraction of sp³-hybridized carbons (Fsp3) is 0.500. The molecule has 0 aliphatic carbocycles. The third-order valence-electron chi connectivity index (χ3n) is 3.77. The summed E-state index contributed by atoms with van der Waals surface area (Å²) in [7, 11) is 2.02. The van der Waals surface area contributed by atoms with Crippen molar-refractivity contribution in [2.45, 2.75) is 25.4 Å². The molecule has 5 heteroatoms. The highest BCUT2D eigenvalue weighted by atomic mass is 35.5.